The molecule has 34 valence electrons. The van der Waals surface area contributed by atoms with Crippen LogP contribution in [-0.4, -0.2) is 19.0 Å². The molecule has 2 nitrogen and oxygen atoms in total. The molecule has 2 heteroatoms. The van der Waals surface area contributed by atoms with Gasteiger partial charge in [0.05, 0.1) is 6.61 Å². The highest BCUT2D eigenvalue weighted by Gasteiger charge is 2.52. The van der Waals surface area contributed by atoms with Crippen LogP contribution in [0.1, 0.15) is 6.42 Å². The summed E-state index contributed by atoms with van der Waals surface area (Å²) in [5.41, 5.74) is 0. The Balaban J connectivity index is 2.09. The van der Waals surface area contributed by atoms with Crippen molar-refractivity contribution < 1.29 is 9.47 Å². The Hall–Kier alpha value is -0.0800. The van der Waals surface area contributed by atoms with Crippen molar-refractivity contribution in [2.75, 3.05) is 13.2 Å². The first-order valence-corrected chi connectivity index (χ1v) is 2.19. The molecule has 0 radical (unpaired) electrons. The van der Waals surface area contributed by atoms with Crippen molar-refractivity contribution in [1.29, 1.82) is 0 Å². The van der Waals surface area contributed by atoms with E-state index in [4.69, 9.17) is 9.47 Å². The monoisotopic (exact) mass is 86.0 g/mol. The fraction of sp³-hybridized carbons (Fsp3) is 1.00. The molecular formula is C4H6O2. The maximum atomic E-state index is 5.01. The van der Waals surface area contributed by atoms with Crippen molar-refractivity contribution in [2.24, 2.45) is 0 Å². The fourth-order valence-corrected chi connectivity index (χ4v) is 0.638. The van der Waals surface area contributed by atoms with Crippen LogP contribution >= 0.6 is 0 Å². The molecule has 2 saturated heterocycles. The van der Waals surface area contributed by atoms with Crippen molar-refractivity contribution in [3.05, 3.63) is 0 Å². The Morgan fingerprint density at radius 1 is 1.33 bits per heavy atom. The van der Waals surface area contributed by atoms with Crippen molar-refractivity contribution >= 4 is 0 Å². The van der Waals surface area contributed by atoms with Crippen LogP contribution in [0.15, 0.2) is 0 Å². The highest BCUT2D eigenvalue weighted by atomic mass is 16.8. The molecule has 0 bridgehead atoms. The van der Waals surface area contributed by atoms with E-state index in [1.165, 1.54) is 0 Å². The van der Waals surface area contributed by atoms with E-state index in [2.05, 4.69) is 0 Å². The summed E-state index contributed by atoms with van der Waals surface area (Å²) >= 11 is 0. The normalized spacial score (nSPS) is 52.0. The number of hydrogen-bond acceptors (Lipinski definition) is 2. The van der Waals surface area contributed by atoms with Gasteiger partial charge in [-0.2, -0.15) is 0 Å². The van der Waals surface area contributed by atoms with Crippen LogP contribution in [-0.2, 0) is 9.47 Å². The molecule has 2 aliphatic rings. The summed E-state index contributed by atoms with van der Waals surface area (Å²) in [7, 11) is 0. The highest BCUT2D eigenvalue weighted by Crippen LogP contribution is 2.39. The molecule has 2 aliphatic heterocycles. The van der Waals surface area contributed by atoms with Gasteiger partial charge in [0.25, 0.3) is 0 Å². The first-order chi connectivity index (χ1) is 2.91. The van der Waals surface area contributed by atoms with E-state index >= 15 is 0 Å². The molecule has 6 heavy (non-hydrogen) atoms. The zero-order valence-electron chi connectivity index (χ0n) is 3.44. The third-order valence-corrected chi connectivity index (χ3v) is 1.31. The predicted molar refractivity (Wildman–Crippen MR) is 19.3 cm³/mol. The Labute approximate surface area is 36.0 Å². The summed E-state index contributed by atoms with van der Waals surface area (Å²) in [4.78, 5) is 0. The van der Waals surface area contributed by atoms with Gasteiger partial charge in [0.15, 0.2) is 5.79 Å². The van der Waals surface area contributed by atoms with E-state index in [1.54, 1.807) is 0 Å². The van der Waals surface area contributed by atoms with E-state index in [0.29, 0.717) is 0 Å². The first kappa shape index (κ1) is 2.99. The van der Waals surface area contributed by atoms with Gasteiger partial charge in [0.2, 0.25) is 0 Å². The molecule has 2 rings (SSSR count). The lowest BCUT2D eigenvalue weighted by molar-refractivity contribution is -0.138. The van der Waals surface area contributed by atoms with Crippen molar-refractivity contribution in [3.63, 3.8) is 0 Å². The minimum atomic E-state index is -0.0278. The minimum Gasteiger partial charge on any atom is -0.347 e. The van der Waals surface area contributed by atoms with Crippen molar-refractivity contribution in [1.82, 2.24) is 0 Å². The number of epoxide rings is 1. The number of hydrogen-bond donors (Lipinski definition) is 0. The Bertz CT molecular complexity index is 69.6. The standard InChI is InChI=1S/C4H6O2/c1-2-5-4(1)3-6-4/h1-3H2. The summed E-state index contributed by atoms with van der Waals surface area (Å²) < 4.78 is 9.92. The molecule has 2 fully saturated rings. The summed E-state index contributed by atoms with van der Waals surface area (Å²) in [6.07, 6.45) is 1.12. The summed E-state index contributed by atoms with van der Waals surface area (Å²) in [5, 5.41) is 0. The molecule has 0 aromatic rings. The summed E-state index contributed by atoms with van der Waals surface area (Å²) in [6, 6.07) is 0. The van der Waals surface area contributed by atoms with Crippen LogP contribution in [0.3, 0.4) is 0 Å². The molecule has 2 heterocycles. The molecule has 0 aromatic carbocycles. The molecular weight excluding hydrogens is 80.0 g/mol. The van der Waals surface area contributed by atoms with E-state index in [1.807, 2.05) is 0 Å². The van der Waals surface area contributed by atoms with E-state index in [9.17, 15) is 0 Å². The smallest absolute Gasteiger partial charge is 0.194 e. The largest absolute Gasteiger partial charge is 0.347 e. The highest BCUT2D eigenvalue weighted by molar-refractivity contribution is 4.87. The van der Waals surface area contributed by atoms with Gasteiger partial charge in [0.1, 0.15) is 6.61 Å². The first-order valence-electron chi connectivity index (χ1n) is 2.19. The SMILES string of the molecule is C1CC2(CO2)O1. The quantitative estimate of drug-likeness (QED) is 0.391. The predicted octanol–water partition coefficient (Wildman–Crippen LogP) is 0.133. The Kier molecular flexibility index (Phi) is 0.316. The molecule has 1 atom stereocenters. The zero-order valence-corrected chi connectivity index (χ0v) is 3.44. The van der Waals surface area contributed by atoms with Gasteiger partial charge in [-0.3, -0.25) is 0 Å². The average Bonchev–Trinajstić information content (AvgIpc) is 2.02. The van der Waals surface area contributed by atoms with Crippen LogP contribution in [0, 0.1) is 0 Å². The number of ether oxygens (including phenoxy) is 2. The Morgan fingerprint density at radius 3 is 2.00 bits per heavy atom. The fourth-order valence-electron chi connectivity index (χ4n) is 0.638. The summed E-state index contributed by atoms with van der Waals surface area (Å²) in [5.74, 6) is -0.0278. The minimum absolute atomic E-state index is 0.0278. The second-order valence-corrected chi connectivity index (χ2v) is 1.80. The van der Waals surface area contributed by atoms with E-state index in [-0.39, 0.29) is 5.79 Å². The maximum absolute atomic E-state index is 5.01. The second kappa shape index (κ2) is 0.634. The van der Waals surface area contributed by atoms with Crippen LogP contribution in [0.25, 0.3) is 0 Å². The van der Waals surface area contributed by atoms with E-state index < -0.39 is 0 Å². The molecule has 0 N–H and O–H groups in total. The van der Waals surface area contributed by atoms with Crippen LogP contribution in [0.5, 0.6) is 0 Å². The average molecular weight is 86.1 g/mol. The Morgan fingerprint density at radius 2 is 2.00 bits per heavy atom. The lowest BCUT2D eigenvalue weighted by Crippen LogP contribution is -2.29. The molecule has 0 amide bonds. The lowest BCUT2D eigenvalue weighted by Gasteiger charge is -2.21. The van der Waals surface area contributed by atoms with E-state index in [0.717, 1.165) is 19.6 Å². The number of rotatable bonds is 0. The van der Waals surface area contributed by atoms with Gasteiger partial charge >= 0.3 is 0 Å². The van der Waals surface area contributed by atoms with Crippen LogP contribution < -0.4 is 0 Å². The van der Waals surface area contributed by atoms with Gasteiger partial charge in [-0.25, -0.2) is 0 Å². The maximum Gasteiger partial charge on any atom is 0.194 e. The van der Waals surface area contributed by atoms with Crippen molar-refractivity contribution in [2.45, 2.75) is 12.2 Å². The summed E-state index contributed by atoms with van der Waals surface area (Å²) in [6.45, 7) is 1.74. The molecule has 1 unspecified atom stereocenters. The van der Waals surface area contributed by atoms with Gasteiger partial charge in [-0.15, -0.1) is 0 Å². The van der Waals surface area contributed by atoms with Gasteiger partial charge in [-0.05, 0) is 0 Å². The van der Waals surface area contributed by atoms with Crippen LogP contribution in [0.2, 0.25) is 0 Å². The topological polar surface area (TPSA) is 21.8 Å². The van der Waals surface area contributed by atoms with Crippen LogP contribution in [0.4, 0.5) is 0 Å². The third kappa shape index (κ3) is 0.200. The molecule has 0 aromatic heterocycles. The molecule has 1 spiro atoms. The molecule has 0 saturated carbocycles. The van der Waals surface area contributed by atoms with Gasteiger partial charge in [0, 0.05) is 6.42 Å². The second-order valence-electron chi connectivity index (χ2n) is 1.80. The van der Waals surface area contributed by atoms with Gasteiger partial charge in [-0.1, -0.05) is 0 Å². The zero-order chi connectivity index (χ0) is 4.04. The van der Waals surface area contributed by atoms with Crippen molar-refractivity contribution in [3.8, 4) is 0 Å². The third-order valence-electron chi connectivity index (χ3n) is 1.31. The van der Waals surface area contributed by atoms with Gasteiger partial charge < -0.3 is 9.47 Å². The molecule has 0 aliphatic carbocycles. The lowest BCUT2D eigenvalue weighted by atomic mass is 10.2.